The normalized spacial score (nSPS) is 15.8. The molecule has 1 aliphatic rings. The highest BCUT2D eigenvalue weighted by atomic mass is 32.2. The molecule has 20 heavy (non-hydrogen) atoms. The van der Waals surface area contributed by atoms with Crippen LogP contribution in [-0.4, -0.2) is 43.3 Å². The smallest absolute Gasteiger partial charge is 0.340 e. The SMILES string of the molecule is O=C(O)C1=C(OCC(F)(F)C(F)F)C(=S(=O)=O)CC=C1. The minimum atomic E-state index is -4.52. The fraction of sp³-hybridized carbons (Fsp3) is 0.400. The largest absolute Gasteiger partial charge is 0.485 e. The highest BCUT2D eigenvalue weighted by Crippen LogP contribution is 2.26. The summed E-state index contributed by atoms with van der Waals surface area (Å²) in [5.74, 6) is -7.00. The highest BCUT2D eigenvalue weighted by Gasteiger charge is 2.42. The maximum absolute atomic E-state index is 12.7. The van der Waals surface area contributed by atoms with Crippen molar-refractivity contribution in [2.24, 2.45) is 0 Å². The van der Waals surface area contributed by atoms with Crippen molar-refractivity contribution in [1.29, 1.82) is 0 Å². The van der Waals surface area contributed by atoms with E-state index in [2.05, 4.69) is 4.74 Å². The second-order valence-corrected chi connectivity index (χ2v) is 4.62. The summed E-state index contributed by atoms with van der Waals surface area (Å²) in [7, 11) is -2.92. The van der Waals surface area contributed by atoms with Gasteiger partial charge in [-0.1, -0.05) is 6.08 Å². The Balaban J connectivity index is 3.17. The molecular formula is C10H8F4O5S. The number of carboxylic acid groups (broad SMARTS) is 1. The van der Waals surface area contributed by atoms with Crippen molar-refractivity contribution in [2.45, 2.75) is 18.8 Å². The van der Waals surface area contributed by atoms with Gasteiger partial charge in [-0.2, -0.15) is 17.2 Å². The first-order valence-corrected chi connectivity index (χ1v) is 6.12. The Morgan fingerprint density at radius 3 is 2.50 bits per heavy atom. The predicted octanol–water partition coefficient (Wildman–Crippen LogP) is 1.25. The van der Waals surface area contributed by atoms with E-state index < -0.39 is 51.4 Å². The van der Waals surface area contributed by atoms with Gasteiger partial charge in [0, 0.05) is 6.42 Å². The molecule has 0 saturated carbocycles. The number of hydrogen-bond acceptors (Lipinski definition) is 4. The molecule has 0 radical (unpaired) electrons. The molecule has 0 amide bonds. The first-order chi connectivity index (χ1) is 9.16. The molecule has 1 rings (SSSR count). The Bertz CT molecular complexity index is 595. The van der Waals surface area contributed by atoms with Crippen molar-refractivity contribution in [1.82, 2.24) is 0 Å². The van der Waals surface area contributed by atoms with E-state index in [0.29, 0.717) is 0 Å². The standard InChI is InChI=1S/C10H8F4O5S/c11-9(12)10(13,14)4-19-7-5(8(15)16)2-1-3-6(7)20(17)18/h1-2,9H,3-4H2,(H,15,16). The molecule has 1 N–H and O–H groups in total. The van der Waals surface area contributed by atoms with Crippen molar-refractivity contribution >= 4 is 21.1 Å². The predicted molar refractivity (Wildman–Crippen MR) is 59.2 cm³/mol. The van der Waals surface area contributed by atoms with Gasteiger partial charge in [-0.3, -0.25) is 0 Å². The Labute approximate surface area is 111 Å². The van der Waals surface area contributed by atoms with Crippen LogP contribution in [0.4, 0.5) is 17.6 Å². The number of allylic oxidation sites excluding steroid dienone is 2. The van der Waals surface area contributed by atoms with Crippen LogP contribution in [0.5, 0.6) is 0 Å². The molecule has 1 aliphatic carbocycles. The Morgan fingerprint density at radius 1 is 1.45 bits per heavy atom. The topological polar surface area (TPSA) is 80.7 Å². The van der Waals surface area contributed by atoms with Crippen LogP contribution in [-0.2, 0) is 19.8 Å². The molecule has 5 nitrogen and oxygen atoms in total. The van der Waals surface area contributed by atoms with E-state index in [1.165, 1.54) is 6.08 Å². The average Bonchev–Trinajstić information content (AvgIpc) is 2.35. The van der Waals surface area contributed by atoms with E-state index in [4.69, 9.17) is 5.11 Å². The summed E-state index contributed by atoms with van der Waals surface area (Å²) in [6, 6.07) is 0. The molecule has 112 valence electrons. The molecule has 0 aromatic rings. The first kappa shape index (κ1) is 16.2. The Morgan fingerprint density at radius 2 is 2.05 bits per heavy atom. The van der Waals surface area contributed by atoms with Gasteiger partial charge in [0.2, 0.25) is 10.3 Å². The van der Waals surface area contributed by atoms with Crippen LogP contribution in [0.2, 0.25) is 0 Å². The Kier molecular flexibility index (Phi) is 4.93. The summed E-state index contributed by atoms with van der Waals surface area (Å²) in [5.41, 5.74) is -0.694. The Hall–Kier alpha value is -1.84. The number of carbonyl (C=O) groups is 1. The molecule has 0 spiro atoms. The second kappa shape index (κ2) is 6.07. The zero-order valence-corrected chi connectivity index (χ0v) is 10.5. The van der Waals surface area contributed by atoms with Gasteiger partial charge in [-0.05, 0) is 6.08 Å². The minimum absolute atomic E-state index is 0.275. The van der Waals surface area contributed by atoms with Gasteiger partial charge in [0.1, 0.15) is 10.4 Å². The van der Waals surface area contributed by atoms with Gasteiger partial charge in [0.05, 0.1) is 0 Å². The fourth-order valence-electron chi connectivity index (χ4n) is 1.30. The summed E-state index contributed by atoms with van der Waals surface area (Å²) in [6.45, 7) is -1.83. The van der Waals surface area contributed by atoms with E-state index in [9.17, 15) is 30.8 Å². The number of alkyl halides is 4. The van der Waals surface area contributed by atoms with Crippen molar-refractivity contribution in [3.8, 4) is 0 Å². The lowest BCUT2D eigenvalue weighted by Gasteiger charge is -2.19. The summed E-state index contributed by atoms with van der Waals surface area (Å²) in [6.07, 6.45) is -2.17. The molecule has 0 aromatic heterocycles. The molecule has 0 atom stereocenters. The summed E-state index contributed by atoms with van der Waals surface area (Å²) in [5, 5.41) is 8.81. The van der Waals surface area contributed by atoms with Gasteiger partial charge in [-0.25, -0.2) is 13.6 Å². The van der Waals surface area contributed by atoms with Crippen molar-refractivity contribution < 1.29 is 40.6 Å². The first-order valence-electron chi connectivity index (χ1n) is 5.05. The lowest BCUT2D eigenvalue weighted by molar-refractivity contribution is -0.156. The summed E-state index contributed by atoms with van der Waals surface area (Å²) < 4.78 is 75.5. The maximum Gasteiger partial charge on any atom is 0.340 e. The van der Waals surface area contributed by atoms with Crippen molar-refractivity contribution in [3.63, 3.8) is 0 Å². The van der Waals surface area contributed by atoms with E-state index in [1.807, 2.05) is 0 Å². The van der Waals surface area contributed by atoms with Crippen LogP contribution < -0.4 is 0 Å². The molecular weight excluding hydrogens is 308 g/mol. The van der Waals surface area contributed by atoms with E-state index in [0.717, 1.165) is 6.08 Å². The van der Waals surface area contributed by atoms with Crippen LogP contribution in [0.1, 0.15) is 6.42 Å². The van der Waals surface area contributed by atoms with Gasteiger partial charge in [0.25, 0.3) is 0 Å². The zero-order chi connectivity index (χ0) is 15.5. The number of aliphatic carboxylic acids is 1. The van der Waals surface area contributed by atoms with Crippen LogP contribution >= 0.6 is 0 Å². The molecule has 0 unspecified atom stereocenters. The van der Waals surface area contributed by atoms with Crippen LogP contribution in [0.3, 0.4) is 0 Å². The molecule has 0 fully saturated rings. The molecule has 0 saturated heterocycles. The van der Waals surface area contributed by atoms with E-state index in [-0.39, 0.29) is 6.42 Å². The summed E-state index contributed by atoms with van der Waals surface area (Å²) in [4.78, 5) is 10.3. The van der Waals surface area contributed by atoms with Crippen molar-refractivity contribution in [3.05, 3.63) is 23.5 Å². The fourth-order valence-corrected chi connectivity index (χ4v) is 1.86. The van der Waals surface area contributed by atoms with E-state index in [1.54, 1.807) is 0 Å². The van der Waals surface area contributed by atoms with Gasteiger partial charge in [0.15, 0.2) is 12.4 Å². The van der Waals surface area contributed by atoms with Crippen molar-refractivity contribution in [2.75, 3.05) is 6.61 Å². The van der Waals surface area contributed by atoms with Gasteiger partial charge in [-0.15, -0.1) is 0 Å². The number of rotatable bonds is 5. The third kappa shape index (κ3) is 3.59. The maximum atomic E-state index is 12.7. The number of hydrogen-bond donors (Lipinski definition) is 1. The monoisotopic (exact) mass is 316 g/mol. The van der Waals surface area contributed by atoms with Crippen LogP contribution in [0, 0.1) is 0 Å². The summed E-state index contributed by atoms with van der Waals surface area (Å²) >= 11 is 0. The average molecular weight is 316 g/mol. The molecule has 10 heteroatoms. The number of carboxylic acids is 1. The molecule has 0 aliphatic heterocycles. The minimum Gasteiger partial charge on any atom is -0.485 e. The number of ether oxygens (including phenoxy) is 1. The van der Waals surface area contributed by atoms with E-state index >= 15 is 0 Å². The third-order valence-corrected chi connectivity index (χ3v) is 3.00. The second-order valence-electron chi connectivity index (χ2n) is 3.66. The molecule has 0 heterocycles. The van der Waals surface area contributed by atoms with Gasteiger partial charge >= 0.3 is 18.3 Å². The third-order valence-electron chi connectivity index (χ3n) is 2.25. The van der Waals surface area contributed by atoms with Crippen LogP contribution in [0.25, 0.3) is 0 Å². The van der Waals surface area contributed by atoms with Gasteiger partial charge < -0.3 is 9.84 Å². The van der Waals surface area contributed by atoms with Crippen LogP contribution in [0.15, 0.2) is 23.5 Å². The molecule has 0 bridgehead atoms. The lowest BCUT2D eigenvalue weighted by atomic mass is 10.1. The lowest BCUT2D eigenvalue weighted by Crippen LogP contribution is -2.33. The zero-order valence-electron chi connectivity index (χ0n) is 9.65. The molecule has 0 aromatic carbocycles. The highest BCUT2D eigenvalue weighted by molar-refractivity contribution is 7.73. The quantitative estimate of drug-likeness (QED) is 0.610. The number of halogens is 4.